The second-order valence-electron chi connectivity index (χ2n) is 8.12. The molecule has 0 N–H and O–H groups in total. The minimum absolute atomic E-state index is 0.206. The highest BCUT2D eigenvalue weighted by molar-refractivity contribution is 5.27. The number of hydrogen-bond acceptors (Lipinski definition) is 1. The number of ether oxygens (including phenoxy) is 1. The summed E-state index contributed by atoms with van der Waals surface area (Å²) in [6.45, 7) is 0.198. The summed E-state index contributed by atoms with van der Waals surface area (Å²) in [6.07, 6.45) is -7.84. The predicted molar refractivity (Wildman–Crippen MR) is 84.7 cm³/mol. The standard InChI is InChI=1S/C19H19F9O/c1-15-6-8-16(9-7-15,19(27,28)18(15,25)26)29-10-12-3-2-11(13(20)14(12)21)4-5-17(22,23)24/h2-3H,4-10H2,1H3. The van der Waals surface area contributed by atoms with Gasteiger partial charge < -0.3 is 4.74 Å². The van der Waals surface area contributed by atoms with E-state index < -0.39 is 71.2 Å². The highest BCUT2D eigenvalue weighted by atomic mass is 19.4. The van der Waals surface area contributed by atoms with E-state index in [4.69, 9.17) is 4.74 Å². The Labute approximate surface area is 161 Å². The van der Waals surface area contributed by atoms with E-state index in [1.54, 1.807) is 0 Å². The van der Waals surface area contributed by atoms with Gasteiger partial charge in [-0.15, -0.1) is 0 Å². The van der Waals surface area contributed by atoms with Gasteiger partial charge in [0.15, 0.2) is 11.6 Å². The highest BCUT2D eigenvalue weighted by Crippen LogP contribution is 2.67. The monoisotopic (exact) mass is 434 g/mol. The van der Waals surface area contributed by atoms with E-state index in [1.165, 1.54) is 0 Å². The molecule has 0 aliphatic heterocycles. The van der Waals surface area contributed by atoms with Crippen molar-refractivity contribution in [2.75, 3.05) is 0 Å². The van der Waals surface area contributed by atoms with Crippen molar-refractivity contribution in [3.05, 3.63) is 34.9 Å². The third-order valence-electron chi connectivity index (χ3n) is 6.31. The van der Waals surface area contributed by atoms with Gasteiger partial charge in [-0.3, -0.25) is 0 Å². The molecule has 10 heteroatoms. The zero-order valence-corrected chi connectivity index (χ0v) is 15.4. The molecule has 4 rings (SSSR count). The first-order valence-corrected chi connectivity index (χ1v) is 9.08. The Morgan fingerprint density at radius 2 is 1.38 bits per heavy atom. The zero-order valence-electron chi connectivity index (χ0n) is 15.4. The molecule has 1 nitrogen and oxygen atoms in total. The van der Waals surface area contributed by atoms with E-state index in [-0.39, 0.29) is 25.7 Å². The maximum absolute atomic E-state index is 14.6. The Hall–Kier alpha value is -1.45. The van der Waals surface area contributed by atoms with E-state index in [1.807, 2.05) is 0 Å². The van der Waals surface area contributed by atoms with Gasteiger partial charge in [0, 0.05) is 17.4 Å². The van der Waals surface area contributed by atoms with Crippen molar-refractivity contribution in [3.8, 4) is 0 Å². The molecule has 0 unspecified atom stereocenters. The molecule has 2 bridgehead atoms. The van der Waals surface area contributed by atoms with Crippen LogP contribution in [0.25, 0.3) is 0 Å². The minimum Gasteiger partial charge on any atom is -0.364 e. The van der Waals surface area contributed by atoms with Gasteiger partial charge in [0.2, 0.25) is 0 Å². The number of benzene rings is 1. The van der Waals surface area contributed by atoms with Crippen molar-refractivity contribution >= 4 is 0 Å². The maximum Gasteiger partial charge on any atom is 0.389 e. The SMILES string of the molecule is CC12CCC(OCc3ccc(CCC(F)(F)F)c(F)c3F)(CC1)C(F)(F)C2(F)F. The zero-order chi connectivity index (χ0) is 21.9. The number of alkyl halides is 7. The summed E-state index contributed by atoms with van der Waals surface area (Å²) in [5.74, 6) is -11.9. The molecule has 3 fully saturated rings. The lowest BCUT2D eigenvalue weighted by Crippen LogP contribution is -2.72. The summed E-state index contributed by atoms with van der Waals surface area (Å²) in [7, 11) is 0. The number of rotatable bonds is 5. The van der Waals surface area contributed by atoms with Gasteiger partial charge in [0.25, 0.3) is 0 Å². The van der Waals surface area contributed by atoms with E-state index in [0.29, 0.717) is 0 Å². The van der Waals surface area contributed by atoms with Gasteiger partial charge in [-0.1, -0.05) is 19.1 Å². The maximum atomic E-state index is 14.6. The molecule has 0 atom stereocenters. The van der Waals surface area contributed by atoms with Gasteiger partial charge in [0.05, 0.1) is 6.61 Å². The summed E-state index contributed by atoms with van der Waals surface area (Å²) < 4.78 is 128. The molecule has 0 saturated heterocycles. The molecule has 0 aromatic heterocycles. The normalized spacial score (nSPS) is 30.6. The first kappa shape index (κ1) is 22.2. The van der Waals surface area contributed by atoms with Crippen LogP contribution in [0, 0.1) is 17.0 Å². The molecule has 0 amide bonds. The first-order chi connectivity index (χ1) is 13.2. The fourth-order valence-corrected chi connectivity index (χ4v) is 4.16. The number of halogens is 9. The Balaban J connectivity index is 1.79. The van der Waals surface area contributed by atoms with Crippen molar-refractivity contribution in [3.63, 3.8) is 0 Å². The summed E-state index contributed by atoms with van der Waals surface area (Å²) in [6, 6.07) is 1.83. The smallest absolute Gasteiger partial charge is 0.364 e. The lowest BCUT2D eigenvalue weighted by Gasteiger charge is -2.59. The highest BCUT2D eigenvalue weighted by Gasteiger charge is 2.81. The van der Waals surface area contributed by atoms with Gasteiger partial charge in [-0.05, 0) is 37.7 Å². The molecule has 1 aromatic carbocycles. The summed E-state index contributed by atoms with van der Waals surface area (Å²) in [4.78, 5) is 0. The van der Waals surface area contributed by atoms with Gasteiger partial charge in [-0.2, -0.15) is 30.7 Å². The Morgan fingerprint density at radius 1 is 0.862 bits per heavy atom. The van der Waals surface area contributed by atoms with Gasteiger partial charge in [-0.25, -0.2) is 8.78 Å². The van der Waals surface area contributed by atoms with Crippen LogP contribution in [0.1, 0.15) is 50.2 Å². The molecule has 1 aromatic rings. The van der Waals surface area contributed by atoms with Crippen LogP contribution >= 0.6 is 0 Å². The van der Waals surface area contributed by atoms with E-state index >= 15 is 0 Å². The topological polar surface area (TPSA) is 9.23 Å². The van der Waals surface area contributed by atoms with Gasteiger partial charge in [0.1, 0.15) is 5.60 Å². The fourth-order valence-electron chi connectivity index (χ4n) is 4.16. The lowest BCUT2D eigenvalue weighted by molar-refractivity contribution is -0.389. The van der Waals surface area contributed by atoms with E-state index in [2.05, 4.69) is 0 Å². The molecule has 29 heavy (non-hydrogen) atoms. The van der Waals surface area contributed by atoms with Crippen LogP contribution < -0.4 is 0 Å². The number of aryl methyl sites for hydroxylation is 1. The fraction of sp³-hybridized carbons (Fsp3) is 0.684. The molecular weight excluding hydrogens is 415 g/mol. The Bertz CT molecular complexity index is 777. The summed E-state index contributed by atoms with van der Waals surface area (Å²) in [5, 5.41) is 0. The number of hydrogen-bond donors (Lipinski definition) is 0. The average Bonchev–Trinajstić information content (AvgIpc) is 2.61. The van der Waals surface area contributed by atoms with Crippen molar-refractivity contribution < 1.29 is 44.3 Å². The molecule has 3 aliphatic carbocycles. The minimum atomic E-state index is -4.56. The third-order valence-corrected chi connectivity index (χ3v) is 6.31. The average molecular weight is 434 g/mol. The van der Waals surface area contributed by atoms with Crippen LogP contribution in [0.15, 0.2) is 12.1 Å². The van der Waals surface area contributed by atoms with Crippen molar-refractivity contribution in [1.82, 2.24) is 0 Å². The number of fused-ring (bicyclic) bond motifs is 3. The molecule has 0 heterocycles. The Kier molecular flexibility index (Phi) is 5.20. The lowest BCUT2D eigenvalue weighted by atomic mass is 9.55. The predicted octanol–water partition coefficient (Wildman–Crippen LogP) is 6.58. The van der Waals surface area contributed by atoms with E-state index in [9.17, 15) is 39.5 Å². The van der Waals surface area contributed by atoms with Crippen LogP contribution in [0.4, 0.5) is 39.5 Å². The van der Waals surface area contributed by atoms with Crippen LogP contribution in [0.2, 0.25) is 0 Å². The van der Waals surface area contributed by atoms with Crippen molar-refractivity contribution in [2.24, 2.45) is 5.41 Å². The second-order valence-corrected chi connectivity index (χ2v) is 8.12. The Morgan fingerprint density at radius 3 is 1.93 bits per heavy atom. The van der Waals surface area contributed by atoms with Crippen LogP contribution in [0.5, 0.6) is 0 Å². The van der Waals surface area contributed by atoms with Crippen LogP contribution in [-0.2, 0) is 17.8 Å². The largest absolute Gasteiger partial charge is 0.389 e. The van der Waals surface area contributed by atoms with Crippen LogP contribution in [-0.4, -0.2) is 23.6 Å². The molecule has 164 valence electrons. The molecule has 0 spiro atoms. The molecule has 3 aliphatic rings. The second kappa shape index (κ2) is 6.78. The quantitative estimate of drug-likeness (QED) is 0.476. The van der Waals surface area contributed by atoms with Crippen LogP contribution in [0.3, 0.4) is 0 Å². The van der Waals surface area contributed by atoms with Crippen molar-refractivity contribution in [2.45, 2.75) is 75.7 Å². The summed E-state index contributed by atoms with van der Waals surface area (Å²) in [5.41, 5.74) is -5.42. The first-order valence-electron chi connectivity index (χ1n) is 9.08. The van der Waals surface area contributed by atoms with Gasteiger partial charge >= 0.3 is 18.0 Å². The third kappa shape index (κ3) is 3.41. The molecule has 0 radical (unpaired) electrons. The molecule has 3 saturated carbocycles. The molecular formula is C19H19F9O. The van der Waals surface area contributed by atoms with E-state index in [0.717, 1.165) is 19.1 Å². The summed E-state index contributed by atoms with van der Waals surface area (Å²) >= 11 is 0. The van der Waals surface area contributed by atoms with Crippen molar-refractivity contribution in [1.29, 1.82) is 0 Å².